The molecule has 8 heteroatoms. The number of nitrogens with two attached hydrogens (primary N) is 1. The molecular weight excluding hydrogens is 436 g/mol. The molecule has 2 aliphatic rings. The summed E-state index contributed by atoms with van der Waals surface area (Å²) in [6.45, 7) is 13.6. The summed E-state index contributed by atoms with van der Waals surface area (Å²) in [4.78, 5) is 24.4. The van der Waals surface area contributed by atoms with Gasteiger partial charge in [-0.25, -0.2) is 4.98 Å². The Morgan fingerprint density at radius 2 is 1.82 bits per heavy atom. The molecule has 2 N–H and O–H groups in total. The van der Waals surface area contributed by atoms with Gasteiger partial charge in [0.1, 0.15) is 15.5 Å². The number of unbranched alkanes of at least 4 members (excludes halogenated alkanes) is 2. The number of anilines is 2. The normalized spacial score (nSPS) is 17.9. The minimum Gasteiger partial charge on any atom is -0.397 e. The fraction of sp³-hybridized carbons (Fsp3) is 0.680. The lowest BCUT2D eigenvalue weighted by Gasteiger charge is -2.36. The van der Waals surface area contributed by atoms with Crippen molar-refractivity contribution < 1.29 is 14.3 Å². The average Bonchev–Trinajstić information content (AvgIpc) is 3.14. The molecule has 0 unspecified atom stereocenters. The van der Waals surface area contributed by atoms with Crippen molar-refractivity contribution >= 4 is 39.0 Å². The van der Waals surface area contributed by atoms with E-state index >= 15 is 0 Å². The summed E-state index contributed by atoms with van der Waals surface area (Å²) < 4.78 is 11.7. The second-order valence-corrected chi connectivity index (χ2v) is 10.7. The van der Waals surface area contributed by atoms with Crippen LogP contribution in [0.3, 0.4) is 0 Å². The number of morpholine rings is 1. The third-order valence-electron chi connectivity index (χ3n) is 6.63. The minimum absolute atomic E-state index is 0.0467. The van der Waals surface area contributed by atoms with E-state index in [9.17, 15) is 4.79 Å². The van der Waals surface area contributed by atoms with Gasteiger partial charge in [0, 0.05) is 43.5 Å². The van der Waals surface area contributed by atoms with Gasteiger partial charge in [-0.15, -0.1) is 11.3 Å². The van der Waals surface area contributed by atoms with Crippen LogP contribution >= 0.6 is 11.3 Å². The van der Waals surface area contributed by atoms with Crippen molar-refractivity contribution in [3.8, 4) is 0 Å². The van der Waals surface area contributed by atoms with Crippen LogP contribution in [0.25, 0.3) is 10.2 Å². The minimum atomic E-state index is -0.281. The molecule has 0 radical (unpaired) electrons. The van der Waals surface area contributed by atoms with E-state index < -0.39 is 0 Å². The van der Waals surface area contributed by atoms with Gasteiger partial charge in [0.15, 0.2) is 0 Å². The van der Waals surface area contributed by atoms with Crippen LogP contribution in [-0.4, -0.2) is 60.8 Å². The maximum absolute atomic E-state index is 13.6. The molecule has 0 bridgehead atoms. The van der Waals surface area contributed by atoms with Gasteiger partial charge in [-0.05, 0) is 32.3 Å². The van der Waals surface area contributed by atoms with Crippen LogP contribution in [0.5, 0.6) is 0 Å². The molecule has 7 nitrogen and oxygen atoms in total. The molecule has 1 fully saturated rings. The standard InChI is InChI=1S/C25H38N4O3S/c1-5-7-9-29(10-8-6-2)24(30)21-20(26)19-17-15-25(3,4)32-16-18(17)22(27-23(19)33-21)28-11-13-31-14-12-28/h5-16,26H2,1-4H3. The highest BCUT2D eigenvalue weighted by molar-refractivity contribution is 7.21. The summed E-state index contributed by atoms with van der Waals surface area (Å²) in [5.74, 6) is 1.01. The molecule has 0 aliphatic carbocycles. The Bertz CT molecular complexity index is 989. The van der Waals surface area contributed by atoms with Crippen LogP contribution in [0.2, 0.25) is 0 Å². The Morgan fingerprint density at radius 3 is 2.45 bits per heavy atom. The number of hydrogen-bond acceptors (Lipinski definition) is 7. The monoisotopic (exact) mass is 474 g/mol. The molecule has 0 atom stereocenters. The van der Waals surface area contributed by atoms with E-state index in [-0.39, 0.29) is 11.5 Å². The van der Waals surface area contributed by atoms with Gasteiger partial charge in [0.05, 0.1) is 31.1 Å². The summed E-state index contributed by atoms with van der Waals surface area (Å²) in [6.07, 6.45) is 4.87. The number of hydrogen-bond donors (Lipinski definition) is 1. The van der Waals surface area contributed by atoms with Crippen molar-refractivity contribution in [2.24, 2.45) is 0 Å². The largest absolute Gasteiger partial charge is 0.397 e. The molecule has 0 aromatic carbocycles. The number of fused-ring (bicyclic) bond motifs is 3. The van der Waals surface area contributed by atoms with Crippen LogP contribution in [0.1, 0.15) is 74.2 Å². The Kier molecular flexibility index (Phi) is 7.46. The zero-order valence-corrected chi connectivity index (χ0v) is 21.4. The first-order valence-corrected chi connectivity index (χ1v) is 13.2. The maximum Gasteiger partial charge on any atom is 0.266 e. The number of thiophene rings is 1. The second kappa shape index (κ2) is 10.2. The number of carbonyl (C=O) groups is 1. The zero-order chi connectivity index (χ0) is 23.6. The lowest BCUT2D eigenvalue weighted by molar-refractivity contribution is -0.0396. The van der Waals surface area contributed by atoms with Gasteiger partial charge in [-0.3, -0.25) is 4.79 Å². The van der Waals surface area contributed by atoms with Crippen LogP contribution in [0.15, 0.2) is 0 Å². The molecular formula is C25H38N4O3S. The van der Waals surface area contributed by atoms with E-state index in [1.54, 1.807) is 0 Å². The van der Waals surface area contributed by atoms with Crippen LogP contribution in [0.4, 0.5) is 11.5 Å². The summed E-state index contributed by atoms with van der Waals surface area (Å²) in [5, 5.41) is 0.956. The number of carbonyl (C=O) groups excluding carboxylic acids is 1. The van der Waals surface area contributed by atoms with E-state index in [2.05, 4.69) is 32.6 Å². The fourth-order valence-electron chi connectivity index (χ4n) is 4.69. The van der Waals surface area contributed by atoms with Gasteiger partial charge >= 0.3 is 0 Å². The number of rotatable bonds is 8. The van der Waals surface area contributed by atoms with Crippen molar-refractivity contribution in [2.75, 3.05) is 50.0 Å². The highest BCUT2D eigenvalue weighted by Gasteiger charge is 2.34. The van der Waals surface area contributed by atoms with Crippen molar-refractivity contribution in [2.45, 2.75) is 72.0 Å². The number of ether oxygens (including phenoxy) is 2. The average molecular weight is 475 g/mol. The highest BCUT2D eigenvalue weighted by atomic mass is 32.1. The fourth-order valence-corrected chi connectivity index (χ4v) is 5.78. The van der Waals surface area contributed by atoms with Crippen molar-refractivity contribution in [1.82, 2.24) is 9.88 Å². The van der Waals surface area contributed by atoms with Gasteiger partial charge in [-0.2, -0.15) is 0 Å². The molecule has 182 valence electrons. The predicted molar refractivity (Wildman–Crippen MR) is 135 cm³/mol. The van der Waals surface area contributed by atoms with Crippen molar-refractivity contribution in [3.05, 3.63) is 16.0 Å². The first-order chi connectivity index (χ1) is 15.9. The van der Waals surface area contributed by atoms with E-state index in [4.69, 9.17) is 20.2 Å². The third-order valence-corrected chi connectivity index (χ3v) is 7.72. The molecule has 1 saturated heterocycles. The molecule has 4 heterocycles. The number of nitrogens with zero attached hydrogens (tertiary/aromatic N) is 3. The van der Waals surface area contributed by atoms with E-state index in [1.807, 2.05) is 4.90 Å². The molecule has 0 saturated carbocycles. The lowest BCUT2D eigenvalue weighted by Crippen LogP contribution is -2.39. The van der Waals surface area contributed by atoms with E-state index in [1.165, 1.54) is 16.9 Å². The molecule has 2 aromatic rings. The number of aromatic nitrogens is 1. The second-order valence-electron chi connectivity index (χ2n) is 9.74. The van der Waals surface area contributed by atoms with E-state index in [0.717, 1.165) is 79.9 Å². The SMILES string of the molecule is CCCCN(CCCC)C(=O)c1sc2nc(N3CCOCC3)c3c(c2c1N)CC(C)(C)OC3. The molecule has 33 heavy (non-hydrogen) atoms. The molecule has 1 amide bonds. The summed E-state index contributed by atoms with van der Waals surface area (Å²) >= 11 is 1.45. The number of amides is 1. The van der Waals surface area contributed by atoms with Crippen LogP contribution < -0.4 is 10.6 Å². The van der Waals surface area contributed by atoms with Crippen molar-refractivity contribution in [1.29, 1.82) is 0 Å². The Morgan fingerprint density at radius 1 is 1.15 bits per heavy atom. The van der Waals surface area contributed by atoms with Crippen LogP contribution in [-0.2, 0) is 22.5 Å². The Labute approximate surface area is 201 Å². The highest BCUT2D eigenvalue weighted by Crippen LogP contribution is 2.44. The molecule has 2 aliphatic heterocycles. The third kappa shape index (κ3) is 4.98. The van der Waals surface area contributed by atoms with Gasteiger partial charge in [0.2, 0.25) is 0 Å². The summed E-state index contributed by atoms with van der Waals surface area (Å²) in [6, 6.07) is 0. The maximum atomic E-state index is 13.6. The first kappa shape index (κ1) is 24.2. The number of pyridine rings is 1. The quantitative estimate of drug-likeness (QED) is 0.602. The van der Waals surface area contributed by atoms with Gasteiger partial charge in [0.25, 0.3) is 5.91 Å². The van der Waals surface area contributed by atoms with E-state index in [0.29, 0.717) is 30.4 Å². The summed E-state index contributed by atoms with van der Waals surface area (Å²) in [5.41, 5.74) is 9.34. The summed E-state index contributed by atoms with van der Waals surface area (Å²) in [7, 11) is 0. The number of nitrogen functional groups attached to an aromatic ring is 1. The zero-order valence-electron chi connectivity index (χ0n) is 20.5. The van der Waals surface area contributed by atoms with Crippen molar-refractivity contribution in [3.63, 3.8) is 0 Å². The van der Waals surface area contributed by atoms with Gasteiger partial charge < -0.3 is 25.0 Å². The Hall–Kier alpha value is -1.90. The first-order valence-electron chi connectivity index (χ1n) is 12.4. The Balaban J connectivity index is 1.80. The topological polar surface area (TPSA) is 80.9 Å². The van der Waals surface area contributed by atoms with Gasteiger partial charge in [-0.1, -0.05) is 26.7 Å². The molecule has 0 spiro atoms. The smallest absolute Gasteiger partial charge is 0.266 e. The lowest BCUT2D eigenvalue weighted by atomic mass is 9.89. The predicted octanol–water partition coefficient (Wildman–Crippen LogP) is 4.61. The van der Waals surface area contributed by atoms with Crippen LogP contribution in [0, 0.1) is 0 Å². The molecule has 2 aromatic heterocycles. The molecule has 4 rings (SSSR count).